The van der Waals surface area contributed by atoms with Crippen LogP contribution in [0.25, 0.3) is 11.1 Å². The Balaban J connectivity index is 2.09. The molecule has 0 aliphatic carbocycles. The molecule has 0 bridgehead atoms. The lowest BCUT2D eigenvalue weighted by atomic mass is 10.1. The van der Waals surface area contributed by atoms with E-state index in [-0.39, 0.29) is 12.6 Å². The second kappa shape index (κ2) is 6.20. The Morgan fingerprint density at radius 3 is 2.45 bits per heavy atom. The fourth-order valence-electron chi connectivity index (χ4n) is 2.98. The number of benzene rings is 2. The molecule has 0 unspecified atom stereocenters. The molecule has 22 heavy (non-hydrogen) atoms. The van der Waals surface area contributed by atoms with Crippen LogP contribution >= 0.6 is 0 Å². The first-order valence-electron chi connectivity index (χ1n) is 7.42. The summed E-state index contributed by atoms with van der Waals surface area (Å²) in [6, 6.07) is 16.2. The molecule has 4 nitrogen and oxygen atoms in total. The summed E-state index contributed by atoms with van der Waals surface area (Å²) in [7, 11) is -3.61. The van der Waals surface area contributed by atoms with Crippen LogP contribution in [0.4, 0.5) is 0 Å². The third kappa shape index (κ3) is 2.67. The minimum Gasteiger partial charge on any atom is -0.395 e. The number of hydrogen-bond donors (Lipinski definition) is 1. The van der Waals surface area contributed by atoms with Crippen LogP contribution in [0.15, 0.2) is 59.5 Å². The van der Waals surface area contributed by atoms with Crippen molar-refractivity contribution in [2.24, 2.45) is 0 Å². The zero-order valence-electron chi connectivity index (χ0n) is 12.2. The summed E-state index contributed by atoms with van der Waals surface area (Å²) in [5.74, 6) is 0. The molecule has 0 amide bonds. The number of sulfonamides is 1. The smallest absolute Gasteiger partial charge is 0.244 e. The van der Waals surface area contributed by atoms with Gasteiger partial charge in [-0.05, 0) is 24.5 Å². The van der Waals surface area contributed by atoms with Crippen molar-refractivity contribution < 1.29 is 13.5 Å². The first-order valence-corrected chi connectivity index (χ1v) is 8.86. The minimum atomic E-state index is -3.61. The lowest BCUT2D eigenvalue weighted by Crippen LogP contribution is -2.37. The van der Waals surface area contributed by atoms with E-state index in [1.165, 1.54) is 4.31 Å². The van der Waals surface area contributed by atoms with Crippen molar-refractivity contribution in [2.45, 2.75) is 23.8 Å². The molecule has 3 rings (SSSR count). The molecule has 1 N–H and O–H groups in total. The van der Waals surface area contributed by atoms with Crippen molar-refractivity contribution in [3.8, 4) is 11.1 Å². The molecule has 0 saturated carbocycles. The quantitative estimate of drug-likeness (QED) is 0.942. The van der Waals surface area contributed by atoms with Crippen LogP contribution in [-0.2, 0) is 10.0 Å². The molecular weight excluding hydrogens is 298 g/mol. The lowest BCUT2D eigenvalue weighted by Gasteiger charge is -2.23. The number of rotatable bonds is 4. The molecule has 0 aromatic heterocycles. The van der Waals surface area contributed by atoms with E-state index < -0.39 is 10.0 Å². The van der Waals surface area contributed by atoms with Crippen molar-refractivity contribution in [3.63, 3.8) is 0 Å². The van der Waals surface area contributed by atoms with Crippen molar-refractivity contribution >= 4 is 10.0 Å². The summed E-state index contributed by atoms with van der Waals surface area (Å²) in [6.45, 7) is 0.337. The van der Waals surface area contributed by atoms with E-state index in [2.05, 4.69) is 0 Å². The molecular formula is C17H19NO3S. The molecule has 1 fully saturated rings. The molecule has 1 heterocycles. The third-order valence-electron chi connectivity index (χ3n) is 4.09. The largest absolute Gasteiger partial charge is 0.395 e. The first kappa shape index (κ1) is 15.2. The van der Waals surface area contributed by atoms with Crippen LogP contribution in [0.2, 0.25) is 0 Å². The maximum absolute atomic E-state index is 13.0. The number of aliphatic hydroxyl groups excluding tert-OH is 1. The highest BCUT2D eigenvalue weighted by molar-refractivity contribution is 7.89. The van der Waals surface area contributed by atoms with Gasteiger partial charge in [0.15, 0.2) is 0 Å². The Kier molecular flexibility index (Phi) is 4.29. The van der Waals surface area contributed by atoms with Gasteiger partial charge in [-0.2, -0.15) is 4.31 Å². The predicted molar refractivity (Wildman–Crippen MR) is 85.9 cm³/mol. The molecule has 5 heteroatoms. The Morgan fingerprint density at radius 1 is 1.05 bits per heavy atom. The molecule has 0 radical (unpaired) electrons. The van der Waals surface area contributed by atoms with E-state index in [0.717, 1.165) is 12.0 Å². The van der Waals surface area contributed by atoms with Gasteiger partial charge in [-0.3, -0.25) is 0 Å². The van der Waals surface area contributed by atoms with E-state index in [4.69, 9.17) is 0 Å². The average Bonchev–Trinajstić information content (AvgIpc) is 3.05. The Morgan fingerprint density at radius 2 is 1.73 bits per heavy atom. The minimum absolute atomic E-state index is 0.132. The van der Waals surface area contributed by atoms with Gasteiger partial charge in [0.25, 0.3) is 0 Å². The molecule has 2 aromatic carbocycles. The molecule has 1 aliphatic rings. The SMILES string of the molecule is O=S(=O)(c1ccccc1-c1ccccc1)N1CCC[C@@H]1CO. The van der Waals surface area contributed by atoms with Crippen LogP contribution in [0, 0.1) is 0 Å². The molecule has 1 saturated heterocycles. The van der Waals surface area contributed by atoms with Gasteiger partial charge in [0, 0.05) is 18.2 Å². The van der Waals surface area contributed by atoms with E-state index in [0.29, 0.717) is 23.4 Å². The fourth-order valence-corrected chi connectivity index (χ4v) is 4.88. The zero-order valence-corrected chi connectivity index (χ0v) is 13.0. The lowest BCUT2D eigenvalue weighted by molar-refractivity contribution is 0.213. The highest BCUT2D eigenvalue weighted by Crippen LogP contribution is 2.32. The van der Waals surface area contributed by atoms with Crippen LogP contribution < -0.4 is 0 Å². The van der Waals surface area contributed by atoms with Crippen molar-refractivity contribution in [2.75, 3.05) is 13.2 Å². The van der Waals surface area contributed by atoms with Gasteiger partial charge in [-0.15, -0.1) is 0 Å². The monoisotopic (exact) mass is 317 g/mol. The Labute approximate surface area is 131 Å². The average molecular weight is 317 g/mol. The van der Waals surface area contributed by atoms with E-state index in [1.807, 2.05) is 42.5 Å². The van der Waals surface area contributed by atoms with Gasteiger partial charge in [0.2, 0.25) is 10.0 Å². The number of aliphatic hydroxyl groups is 1. The van der Waals surface area contributed by atoms with E-state index in [1.54, 1.807) is 12.1 Å². The molecule has 2 aromatic rings. The van der Waals surface area contributed by atoms with E-state index in [9.17, 15) is 13.5 Å². The molecule has 116 valence electrons. The highest BCUT2D eigenvalue weighted by Gasteiger charge is 2.35. The van der Waals surface area contributed by atoms with Crippen molar-refractivity contribution in [1.29, 1.82) is 0 Å². The van der Waals surface area contributed by atoms with Crippen molar-refractivity contribution in [1.82, 2.24) is 4.31 Å². The standard InChI is InChI=1S/C17H19NO3S/c19-13-15-9-6-12-18(15)22(20,21)17-11-5-4-10-16(17)14-7-2-1-3-8-14/h1-5,7-8,10-11,15,19H,6,9,12-13H2/t15-/m1/s1. The summed E-state index contributed by atoms with van der Waals surface area (Å²) in [4.78, 5) is 0.307. The number of hydrogen-bond acceptors (Lipinski definition) is 3. The number of nitrogens with zero attached hydrogens (tertiary/aromatic N) is 1. The second-order valence-electron chi connectivity index (χ2n) is 5.46. The maximum atomic E-state index is 13.0. The second-order valence-corrected chi connectivity index (χ2v) is 7.32. The summed E-state index contributed by atoms with van der Waals surface area (Å²) < 4.78 is 27.5. The summed E-state index contributed by atoms with van der Waals surface area (Å²) in [6.07, 6.45) is 1.50. The van der Waals surface area contributed by atoms with Crippen LogP contribution in [0.3, 0.4) is 0 Å². The fraction of sp³-hybridized carbons (Fsp3) is 0.294. The zero-order chi connectivity index (χ0) is 15.6. The van der Waals surface area contributed by atoms with Gasteiger partial charge in [0.1, 0.15) is 0 Å². The molecule has 1 atom stereocenters. The van der Waals surface area contributed by atoms with Crippen LogP contribution in [-0.4, -0.2) is 37.0 Å². The van der Waals surface area contributed by atoms with Crippen molar-refractivity contribution in [3.05, 3.63) is 54.6 Å². The third-order valence-corrected chi connectivity index (χ3v) is 6.10. The maximum Gasteiger partial charge on any atom is 0.244 e. The van der Waals surface area contributed by atoms with Gasteiger partial charge >= 0.3 is 0 Å². The van der Waals surface area contributed by atoms with Gasteiger partial charge in [0.05, 0.1) is 11.5 Å². The first-order chi connectivity index (χ1) is 10.6. The van der Waals surface area contributed by atoms with Gasteiger partial charge < -0.3 is 5.11 Å². The van der Waals surface area contributed by atoms with Gasteiger partial charge in [-0.25, -0.2) is 8.42 Å². The molecule has 0 spiro atoms. The molecule has 1 aliphatic heterocycles. The topological polar surface area (TPSA) is 57.6 Å². The predicted octanol–water partition coefficient (Wildman–Crippen LogP) is 2.50. The Bertz CT molecular complexity index is 744. The summed E-state index contributed by atoms with van der Waals surface area (Å²) in [5, 5.41) is 9.43. The summed E-state index contributed by atoms with van der Waals surface area (Å²) in [5.41, 5.74) is 1.58. The van der Waals surface area contributed by atoms with Crippen LogP contribution in [0.5, 0.6) is 0 Å². The highest BCUT2D eigenvalue weighted by atomic mass is 32.2. The Hall–Kier alpha value is -1.69. The van der Waals surface area contributed by atoms with Gasteiger partial charge in [-0.1, -0.05) is 48.5 Å². The normalized spacial score (nSPS) is 19.4. The summed E-state index contributed by atoms with van der Waals surface area (Å²) >= 11 is 0. The van der Waals surface area contributed by atoms with Crippen LogP contribution in [0.1, 0.15) is 12.8 Å². The van der Waals surface area contributed by atoms with E-state index >= 15 is 0 Å².